The molecular weight excluding hydrogens is 301 g/mol. The van der Waals surface area contributed by atoms with Gasteiger partial charge in [0.15, 0.2) is 0 Å². The van der Waals surface area contributed by atoms with Crippen LogP contribution >= 0.6 is 22.6 Å². The summed E-state index contributed by atoms with van der Waals surface area (Å²) < 4.78 is 6.48. The minimum atomic E-state index is 0.384. The van der Waals surface area contributed by atoms with Crippen molar-refractivity contribution in [1.82, 2.24) is 5.16 Å². The first-order valence-corrected chi connectivity index (χ1v) is 5.97. The van der Waals surface area contributed by atoms with Crippen LogP contribution in [0.25, 0.3) is 11.3 Å². The highest BCUT2D eigenvalue weighted by Gasteiger charge is 2.08. The summed E-state index contributed by atoms with van der Waals surface area (Å²) in [6.07, 6.45) is 0. The fourth-order valence-electron chi connectivity index (χ4n) is 1.32. The van der Waals surface area contributed by atoms with E-state index in [1.54, 1.807) is 0 Å². The summed E-state index contributed by atoms with van der Waals surface area (Å²) in [6, 6.07) is 10.3. The van der Waals surface area contributed by atoms with Gasteiger partial charge >= 0.3 is 0 Å². The third kappa shape index (κ3) is 2.40. The van der Waals surface area contributed by atoms with Gasteiger partial charge in [-0.2, -0.15) is 0 Å². The predicted molar refractivity (Wildman–Crippen MR) is 68.7 cm³/mol. The molecule has 2 rings (SSSR count). The number of hydrogen-bond acceptors (Lipinski definition) is 2. The highest BCUT2D eigenvalue weighted by Crippen LogP contribution is 2.23. The van der Waals surface area contributed by atoms with Crippen LogP contribution in [0.4, 0.5) is 0 Å². The SMILES string of the molecule is CC(C)c1cc(-c2ccc(I)cc2)no1. The molecule has 3 heteroatoms. The Bertz CT molecular complexity index is 445. The second-order valence-corrected chi connectivity index (χ2v) is 5.02. The molecule has 15 heavy (non-hydrogen) atoms. The maximum atomic E-state index is 5.26. The molecule has 78 valence electrons. The first kappa shape index (κ1) is 10.7. The van der Waals surface area contributed by atoms with Gasteiger partial charge in [0, 0.05) is 21.1 Å². The Hall–Kier alpha value is -0.840. The zero-order chi connectivity index (χ0) is 10.8. The van der Waals surface area contributed by atoms with Crippen LogP contribution in [0.3, 0.4) is 0 Å². The number of hydrogen-bond donors (Lipinski definition) is 0. The van der Waals surface area contributed by atoms with E-state index in [-0.39, 0.29) is 0 Å². The molecule has 0 saturated heterocycles. The van der Waals surface area contributed by atoms with E-state index >= 15 is 0 Å². The molecule has 0 bridgehead atoms. The Morgan fingerprint density at radius 2 is 1.87 bits per heavy atom. The third-order valence-electron chi connectivity index (χ3n) is 2.24. The van der Waals surface area contributed by atoms with E-state index in [0.29, 0.717) is 5.92 Å². The van der Waals surface area contributed by atoms with E-state index in [1.165, 1.54) is 3.57 Å². The van der Waals surface area contributed by atoms with Crippen molar-refractivity contribution in [2.24, 2.45) is 0 Å². The molecule has 0 atom stereocenters. The van der Waals surface area contributed by atoms with E-state index < -0.39 is 0 Å². The maximum absolute atomic E-state index is 5.26. The van der Waals surface area contributed by atoms with Crippen LogP contribution in [-0.4, -0.2) is 5.16 Å². The Kier molecular flexibility index (Phi) is 3.09. The van der Waals surface area contributed by atoms with Crippen molar-refractivity contribution in [2.45, 2.75) is 19.8 Å². The van der Waals surface area contributed by atoms with Gasteiger partial charge in [-0.1, -0.05) is 31.1 Å². The molecule has 0 radical (unpaired) electrons. The van der Waals surface area contributed by atoms with Gasteiger partial charge in [-0.15, -0.1) is 0 Å². The average molecular weight is 313 g/mol. The summed E-state index contributed by atoms with van der Waals surface area (Å²) in [6.45, 7) is 4.19. The molecule has 0 aliphatic heterocycles. The lowest BCUT2D eigenvalue weighted by atomic mass is 10.1. The first-order valence-electron chi connectivity index (χ1n) is 4.89. The number of rotatable bonds is 2. The van der Waals surface area contributed by atoms with Crippen LogP contribution < -0.4 is 0 Å². The molecule has 0 unspecified atom stereocenters. The second kappa shape index (κ2) is 4.35. The lowest BCUT2D eigenvalue weighted by Gasteiger charge is -1.95. The number of halogens is 1. The van der Waals surface area contributed by atoms with Crippen molar-refractivity contribution in [3.8, 4) is 11.3 Å². The van der Waals surface area contributed by atoms with Crippen molar-refractivity contribution in [3.63, 3.8) is 0 Å². The molecule has 1 aromatic carbocycles. The zero-order valence-electron chi connectivity index (χ0n) is 8.70. The number of nitrogens with zero attached hydrogens (tertiary/aromatic N) is 1. The summed E-state index contributed by atoms with van der Waals surface area (Å²) in [7, 11) is 0. The average Bonchev–Trinajstić information content (AvgIpc) is 2.68. The standard InChI is InChI=1S/C12H12INO/c1-8(2)12-7-11(14-15-12)9-3-5-10(13)6-4-9/h3-8H,1-2H3. The minimum Gasteiger partial charge on any atom is -0.361 e. The Labute approximate surface area is 103 Å². The molecule has 2 aromatic rings. The first-order chi connectivity index (χ1) is 7.16. The maximum Gasteiger partial charge on any atom is 0.139 e. The summed E-state index contributed by atoms with van der Waals surface area (Å²) in [4.78, 5) is 0. The topological polar surface area (TPSA) is 26.0 Å². The van der Waals surface area contributed by atoms with E-state index in [1.807, 2.05) is 6.07 Å². The molecule has 0 aliphatic rings. The smallest absolute Gasteiger partial charge is 0.139 e. The van der Waals surface area contributed by atoms with Crippen LogP contribution in [0.5, 0.6) is 0 Å². The third-order valence-corrected chi connectivity index (χ3v) is 2.96. The Morgan fingerprint density at radius 1 is 1.20 bits per heavy atom. The summed E-state index contributed by atoms with van der Waals surface area (Å²) in [5.74, 6) is 1.32. The van der Waals surface area contributed by atoms with Crippen LogP contribution in [0.15, 0.2) is 34.9 Å². The van der Waals surface area contributed by atoms with Crippen molar-refractivity contribution < 1.29 is 4.52 Å². The monoisotopic (exact) mass is 313 g/mol. The summed E-state index contributed by atoms with van der Waals surface area (Å²) in [5, 5.41) is 4.06. The summed E-state index contributed by atoms with van der Waals surface area (Å²) in [5.41, 5.74) is 2.01. The van der Waals surface area contributed by atoms with Gasteiger partial charge in [0.05, 0.1) is 0 Å². The van der Waals surface area contributed by atoms with E-state index in [0.717, 1.165) is 17.0 Å². The zero-order valence-corrected chi connectivity index (χ0v) is 10.9. The van der Waals surface area contributed by atoms with Crippen LogP contribution in [0, 0.1) is 3.57 Å². The molecule has 0 saturated carbocycles. The van der Waals surface area contributed by atoms with Crippen LogP contribution in [0.1, 0.15) is 25.5 Å². The number of benzene rings is 1. The Balaban J connectivity index is 2.33. The molecule has 0 fully saturated rings. The van der Waals surface area contributed by atoms with Crippen molar-refractivity contribution in [1.29, 1.82) is 0 Å². The minimum absolute atomic E-state index is 0.384. The van der Waals surface area contributed by atoms with Gasteiger partial charge in [-0.05, 0) is 34.7 Å². The van der Waals surface area contributed by atoms with E-state index in [2.05, 4.69) is 65.9 Å². The molecule has 1 aromatic heterocycles. The van der Waals surface area contributed by atoms with Crippen molar-refractivity contribution in [3.05, 3.63) is 39.7 Å². The van der Waals surface area contributed by atoms with Gasteiger partial charge in [0.2, 0.25) is 0 Å². The van der Waals surface area contributed by atoms with E-state index in [4.69, 9.17) is 4.52 Å². The van der Waals surface area contributed by atoms with Crippen molar-refractivity contribution >= 4 is 22.6 Å². The van der Waals surface area contributed by atoms with Gasteiger partial charge in [-0.3, -0.25) is 0 Å². The van der Waals surface area contributed by atoms with Crippen LogP contribution in [0.2, 0.25) is 0 Å². The molecule has 0 spiro atoms. The fraction of sp³-hybridized carbons (Fsp3) is 0.250. The van der Waals surface area contributed by atoms with E-state index in [9.17, 15) is 0 Å². The molecule has 0 N–H and O–H groups in total. The quantitative estimate of drug-likeness (QED) is 0.781. The van der Waals surface area contributed by atoms with Gasteiger partial charge < -0.3 is 4.52 Å². The van der Waals surface area contributed by atoms with Gasteiger partial charge in [0.25, 0.3) is 0 Å². The fourth-order valence-corrected chi connectivity index (χ4v) is 1.68. The molecule has 0 amide bonds. The Morgan fingerprint density at radius 3 is 2.40 bits per heavy atom. The number of aromatic nitrogens is 1. The summed E-state index contributed by atoms with van der Waals surface area (Å²) >= 11 is 2.29. The van der Waals surface area contributed by atoms with Gasteiger partial charge in [-0.25, -0.2) is 0 Å². The lowest BCUT2D eigenvalue weighted by Crippen LogP contribution is -1.80. The second-order valence-electron chi connectivity index (χ2n) is 3.78. The normalized spacial score (nSPS) is 10.9. The van der Waals surface area contributed by atoms with Crippen LogP contribution in [-0.2, 0) is 0 Å². The highest BCUT2D eigenvalue weighted by atomic mass is 127. The molecular formula is C12H12INO. The highest BCUT2D eigenvalue weighted by molar-refractivity contribution is 14.1. The molecule has 1 heterocycles. The lowest BCUT2D eigenvalue weighted by molar-refractivity contribution is 0.373. The predicted octanol–water partition coefficient (Wildman–Crippen LogP) is 4.07. The molecule has 0 aliphatic carbocycles. The molecule has 2 nitrogen and oxygen atoms in total. The van der Waals surface area contributed by atoms with Gasteiger partial charge in [0.1, 0.15) is 11.5 Å². The largest absolute Gasteiger partial charge is 0.361 e. The van der Waals surface area contributed by atoms with Crippen molar-refractivity contribution in [2.75, 3.05) is 0 Å².